The van der Waals surface area contributed by atoms with Gasteiger partial charge in [-0.05, 0) is 30.0 Å². The fourth-order valence-electron chi connectivity index (χ4n) is 1.68. The maximum atomic E-state index is 6.15. The van der Waals surface area contributed by atoms with Gasteiger partial charge < -0.3 is 11.1 Å². The van der Waals surface area contributed by atoms with Crippen LogP contribution in [0, 0.1) is 0 Å². The molecule has 0 saturated heterocycles. The number of anilines is 1. The predicted molar refractivity (Wildman–Crippen MR) is 75.4 cm³/mol. The minimum atomic E-state index is 0.213. The van der Waals surface area contributed by atoms with Crippen molar-refractivity contribution in [2.24, 2.45) is 0 Å². The Morgan fingerprint density at radius 1 is 1.35 bits per heavy atom. The normalized spacial score (nSPS) is 12.6. The first-order valence-corrected chi connectivity index (χ1v) is 6.74. The van der Waals surface area contributed by atoms with Crippen molar-refractivity contribution >= 4 is 28.6 Å². The van der Waals surface area contributed by atoms with E-state index in [9.17, 15) is 0 Å². The van der Waals surface area contributed by atoms with Gasteiger partial charge in [-0.3, -0.25) is 0 Å². The first-order chi connectivity index (χ1) is 8.18. The summed E-state index contributed by atoms with van der Waals surface area (Å²) in [5.74, 6) is 0. The number of hydrogen-bond acceptors (Lipinski definition) is 3. The molecule has 0 unspecified atom stereocenters. The molecule has 2 nitrogen and oxygen atoms in total. The Morgan fingerprint density at radius 2 is 2.12 bits per heavy atom. The van der Waals surface area contributed by atoms with Gasteiger partial charge >= 0.3 is 0 Å². The molecule has 3 N–H and O–H groups in total. The van der Waals surface area contributed by atoms with Crippen LogP contribution in [0.3, 0.4) is 0 Å². The summed E-state index contributed by atoms with van der Waals surface area (Å²) in [5.41, 5.74) is 7.81. The monoisotopic (exact) mass is 266 g/mol. The Labute approximate surface area is 110 Å². The maximum absolute atomic E-state index is 6.15. The van der Waals surface area contributed by atoms with Crippen molar-refractivity contribution in [1.29, 1.82) is 0 Å². The highest BCUT2D eigenvalue weighted by molar-refractivity contribution is 7.10. The van der Waals surface area contributed by atoms with Gasteiger partial charge in [-0.25, -0.2) is 0 Å². The predicted octanol–water partition coefficient (Wildman–Crippen LogP) is 3.83. The third-order valence-corrected chi connectivity index (χ3v) is 4.00. The molecule has 0 spiro atoms. The first kappa shape index (κ1) is 12.4. The highest BCUT2D eigenvalue weighted by Crippen LogP contribution is 2.24. The summed E-state index contributed by atoms with van der Waals surface area (Å²) < 4.78 is 0. The van der Waals surface area contributed by atoms with Crippen molar-refractivity contribution in [2.75, 3.05) is 5.73 Å². The molecule has 1 heterocycles. The molecule has 90 valence electrons. The Kier molecular flexibility index (Phi) is 4.05. The topological polar surface area (TPSA) is 38.0 Å². The lowest BCUT2D eigenvalue weighted by atomic mass is 10.1. The maximum Gasteiger partial charge on any atom is 0.0468 e. The number of nitrogens with one attached hydrogen (secondary N) is 1. The summed E-state index contributed by atoms with van der Waals surface area (Å²) in [7, 11) is 0. The lowest BCUT2D eigenvalue weighted by molar-refractivity contribution is 0.579. The van der Waals surface area contributed by atoms with Crippen molar-refractivity contribution in [3.8, 4) is 0 Å². The van der Waals surface area contributed by atoms with Gasteiger partial charge in [0, 0.05) is 28.2 Å². The van der Waals surface area contributed by atoms with Gasteiger partial charge in [0.05, 0.1) is 0 Å². The zero-order chi connectivity index (χ0) is 12.3. The highest BCUT2D eigenvalue weighted by Gasteiger charge is 2.09. The van der Waals surface area contributed by atoms with Gasteiger partial charge in [-0.15, -0.1) is 11.3 Å². The molecule has 1 aromatic heterocycles. The van der Waals surface area contributed by atoms with E-state index in [1.54, 1.807) is 11.3 Å². The molecule has 0 aliphatic carbocycles. The molecule has 17 heavy (non-hydrogen) atoms. The molecule has 0 saturated carbocycles. The number of rotatable bonds is 4. The van der Waals surface area contributed by atoms with Crippen LogP contribution in [0.25, 0.3) is 0 Å². The smallest absolute Gasteiger partial charge is 0.0468 e. The summed E-state index contributed by atoms with van der Waals surface area (Å²) in [6.45, 7) is 2.88. The molecule has 0 bridgehead atoms. The number of halogens is 1. The van der Waals surface area contributed by atoms with E-state index in [0.717, 1.165) is 22.8 Å². The second kappa shape index (κ2) is 5.54. The average Bonchev–Trinajstić information content (AvgIpc) is 2.72. The van der Waals surface area contributed by atoms with Crippen LogP contribution in [0.5, 0.6) is 0 Å². The Balaban J connectivity index is 2.01. The second-order valence-corrected chi connectivity index (χ2v) is 5.33. The van der Waals surface area contributed by atoms with E-state index in [0.29, 0.717) is 0 Å². The van der Waals surface area contributed by atoms with Crippen molar-refractivity contribution in [3.05, 3.63) is 51.2 Å². The third kappa shape index (κ3) is 3.00. The highest BCUT2D eigenvalue weighted by atomic mass is 35.5. The number of thiophene rings is 1. The molecule has 0 aliphatic heterocycles. The van der Waals surface area contributed by atoms with Gasteiger partial charge in [0.15, 0.2) is 0 Å². The Morgan fingerprint density at radius 3 is 2.76 bits per heavy atom. The second-order valence-electron chi connectivity index (χ2n) is 3.92. The Bertz CT molecular complexity index is 496. The minimum Gasteiger partial charge on any atom is -0.398 e. The molecule has 2 rings (SSSR count). The van der Waals surface area contributed by atoms with Crippen molar-refractivity contribution in [1.82, 2.24) is 5.32 Å². The summed E-state index contributed by atoms with van der Waals surface area (Å²) in [6, 6.07) is 10.0. The van der Waals surface area contributed by atoms with Crippen molar-refractivity contribution < 1.29 is 0 Å². The number of benzene rings is 1. The van der Waals surface area contributed by atoms with Crippen LogP contribution in [0.4, 0.5) is 5.69 Å². The van der Waals surface area contributed by atoms with Crippen molar-refractivity contribution in [2.45, 2.75) is 19.5 Å². The van der Waals surface area contributed by atoms with Gasteiger partial charge in [0.1, 0.15) is 0 Å². The van der Waals surface area contributed by atoms with E-state index in [2.05, 4.69) is 12.2 Å². The summed E-state index contributed by atoms with van der Waals surface area (Å²) in [4.78, 5) is 1.17. The average molecular weight is 267 g/mol. The molecule has 1 atom stereocenters. The fraction of sp³-hybridized carbons (Fsp3) is 0.231. The largest absolute Gasteiger partial charge is 0.398 e. The van der Waals surface area contributed by atoms with E-state index in [-0.39, 0.29) is 6.04 Å². The van der Waals surface area contributed by atoms with Crippen LogP contribution < -0.4 is 11.1 Å². The van der Waals surface area contributed by atoms with E-state index < -0.39 is 0 Å². The fourth-order valence-corrected chi connectivity index (χ4v) is 2.73. The minimum absolute atomic E-state index is 0.213. The number of hydrogen-bond donors (Lipinski definition) is 2. The van der Waals surface area contributed by atoms with E-state index in [1.807, 2.05) is 35.7 Å². The standard InChI is InChI=1S/C13H15ClN2S/c1-9(10-4-2-3-5-11(10)14)16-8-13-12(15)6-7-17-13/h2-7,9,16H,8,15H2,1H3/t9-/m0/s1. The molecule has 4 heteroatoms. The van der Waals surface area contributed by atoms with Crippen LogP contribution >= 0.6 is 22.9 Å². The summed E-state index contributed by atoms with van der Waals surface area (Å²) in [5, 5.41) is 6.23. The number of nitrogens with two attached hydrogens (primary N) is 1. The van der Waals surface area contributed by atoms with Crippen LogP contribution in [-0.2, 0) is 6.54 Å². The zero-order valence-corrected chi connectivity index (χ0v) is 11.2. The van der Waals surface area contributed by atoms with Crippen molar-refractivity contribution in [3.63, 3.8) is 0 Å². The molecular weight excluding hydrogens is 252 g/mol. The molecule has 0 fully saturated rings. The Hall–Kier alpha value is -1.03. The van der Waals surface area contributed by atoms with Gasteiger partial charge in [0.2, 0.25) is 0 Å². The van der Waals surface area contributed by atoms with Gasteiger partial charge in [-0.1, -0.05) is 29.8 Å². The lowest BCUT2D eigenvalue weighted by Crippen LogP contribution is -2.18. The molecule has 0 aliphatic rings. The van der Waals surface area contributed by atoms with Crippen LogP contribution in [0.15, 0.2) is 35.7 Å². The van der Waals surface area contributed by atoms with Crippen LogP contribution in [0.2, 0.25) is 5.02 Å². The molecule has 2 aromatic rings. The zero-order valence-electron chi connectivity index (χ0n) is 9.61. The molecule has 0 radical (unpaired) electrons. The molecular formula is C13H15ClN2S. The SMILES string of the molecule is C[C@H](NCc1sccc1N)c1ccccc1Cl. The van der Waals surface area contributed by atoms with Crippen LogP contribution in [0.1, 0.15) is 23.4 Å². The van der Waals surface area contributed by atoms with Gasteiger partial charge in [0.25, 0.3) is 0 Å². The lowest BCUT2D eigenvalue weighted by Gasteiger charge is -2.15. The van der Waals surface area contributed by atoms with E-state index in [4.69, 9.17) is 17.3 Å². The quantitative estimate of drug-likeness (QED) is 0.883. The summed E-state index contributed by atoms with van der Waals surface area (Å²) >= 11 is 7.82. The van der Waals surface area contributed by atoms with E-state index in [1.165, 1.54) is 4.88 Å². The third-order valence-electron chi connectivity index (χ3n) is 2.72. The first-order valence-electron chi connectivity index (χ1n) is 5.48. The van der Waals surface area contributed by atoms with E-state index >= 15 is 0 Å². The molecule has 0 amide bonds. The van der Waals surface area contributed by atoms with Gasteiger partial charge in [-0.2, -0.15) is 0 Å². The molecule has 1 aromatic carbocycles. The summed E-state index contributed by atoms with van der Waals surface area (Å²) in [6.07, 6.45) is 0. The number of nitrogen functional groups attached to an aromatic ring is 1. The van der Waals surface area contributed by atoms with Crippen LogP contribution in [-0.4, -0.2) is 0 Å².